The van der Waals surface area contributed by atoms with Crippen LogP contribution in [0.15, 0.2) is 108 Å². The summed E-state index contributed by atoms with van der Waals surface area (Å²) in [5, 5.41) is 3.06. The molecule has 0 saturated carbocycles. The molecule has 34 heavy (non-hydrogen) atoms. The van der Waals surface area contributed by atoms with E-state index in [1.165, 1.54) is 36.4 Å². The second-order valence-corrected chi connectivity index (χ2v) is 9.42. The summed E-state index contributed by atoms with van der Waals surface area (Å²) in [6, 6.07) is 27.3. The number of hydrogen-bond acceptors (Lipinski definition) is 4. The number of carbonyl (C=O) groups excluding carboxylic acids is 2. The minimum atomic E-state index is -3.91. The second kappa shape index (κ2) is 9.91. The van der Waals surface area contributed by atoms with E-state index in [0.29, 0.717) is 10.6 Å². The number of anilines is 2. The van der Waals surface area contributed by atoms with Crippen molar-refractivity contribution in [3.63, 3.8) is 0 Å². The van der Waals surface area contributed by atoms with Crippen LogP contribution in [-0.4, -0.2) is 20.1 Å². The third kappa shape index (κ3) is 5.17. The lowest BCUT2D eigenvalue weighted by atomic mass is 10.0. The molecule has 0 radical (unpaired) electrons. The Bertz CT molecular complexity index is 1460. The Kier molecular flexibility index (Phi) is 6.77. The van der Waals surface area contributed by atoms with Gasteiger partial charge in [-0.2, -0.15) is 0 Å². The Hall–Kier alpha value is -3.94. The van der Waals surface area contributed by atoms with Crippen molar-refractivity contribution in [3.05, 3.63) is 125 Å². The first-order chi connectivity index (χ1) is 16.3. The van der Waals surface area contributed by atoms with Crippen molar-refractivity contribution in [1.82, 2.24) is 0 Å². The van der Waals surface area contributed by atoms with E-state index in [4.69, 9.17) is 11.6 Å². The second-order valence-electron chi connectivity index (χ2n) is 7.30. The molecule has 0 unspecified atom stereocenters. The highest BCUT2D eigenvalue weighted by Gasteiger charge is 2.21. The van der Waals surface area contributed by atoms with E-state index in [1.54, 1.807) is 66.7 Å². The maximum absolute atomic E-state index is 13.2. The highest BCUT2D eigenvalue weighted by atomic mass is 35.5. The van der Waals surface area contributed by atoms with Crippen molar-refractivity contribution in [2.45, 2.75) is 4.90 Å². The first-order valence-corrected chi connectivity index (χ1v) is 12.1. The van der Waals surface area contributed by atoms with Crippen molar-refractivity contribution in [3.8, 4) is 0 Å². The van der Waals surface area contributed by atoms with Gasteiger partial charge in [0.15, 0.2) is 5.78 Å². The highest BCUT2D eigenvalue weighted by Crippen LogP contribution is 2.26. The summed E-state index contributed by atoms with van der Waals surface area (Å²) in [4.78, 5) is 26.3. The van der Waals surface area contributed by atoms with Crippen molar-refractivity contribution in [2.24, 2.45) is 0 Å². The van der Waals surface area contributed by atoms with Crippen LogP contribution in [0.4, 0.5) is 11.4 Å². The molecule has 4 rings (SSSR count). The average Bonchev–Trinajstić information content (AvgIpc) is 2.86. The number of amides is 1. The van der Waals surface area contributed by atoms with Gasteiger partial charge in [0.1, 0.15) is 0 Å². The Morgan fingerprint density at radius 1 is 0.676 bits per heavy atom. The van der Waals surface area contributed by atoms with Gasteiger partial charge in [0.25, 0.3) is 15.9 Å². The molecule has 0 aliphatic rings. The normalized spacial score (nSPS) is 11.0. The number of rotatable bonds is 7. The van der Waals surface area contributed by atoms with Gasteiger partial charge in [-0.1, -0.05) is 72.3 Å². The van der Waals surface area contributed by atoms with Crippen LogP contribution in [0.5, 0.6) is 0 Å². The molecule has 0 saturated heterocycles. The zero-order chi connectivity index (χ0) is 24.1. The largest absolute Gasteiger partial charge is 0.321 e. The molecule has 0 fully saturated rings. The fourth-order valence-corrected chi connectivity index (χ4v) is 4.59. The van der Waals surface area contributed by atoms with Crippen LogP contribution < -0.4 is 10.0 Å². The zero-order valence-electron chi connectivity index (χ0n) is 17.7. The van der Waals surface area contributed by atoms with Gasteiger partial charge in [-0.25, -0.2) is 8.42 Å². The molecule has 0 atom stereocenters. The van der Waals surface area contributed by atoms with Crippen LogP contribution in [0.2, 0.25) is 5.02 Å². The minimum absolute atomic E-state index is 0.0682. The van der Waals surface area contributed by atoms with E-state index in [-0.39, 0.29) is 33.2 Å². The van der Waals surface area contributed by atoms with E-state index in [0.717, 1.165) is 0 Å². The Morgan fingerprint density at radius 2 is 1.29 bits per heavy atom. The highest BCUT2D eigenvalue weighted by molar-refractivity contribution is 7.92. The summed E-state index contributed by atoms with van der Waals surface area (Å²) in [6.45, 7) is 0. The molecular weight excluding hydrogens is 472 g/mol. The van der Waals surface area contributed by atoms with Gasteiger partial charge < -0.3 is 5.32 Å². The SMILES string of the molecule is O=C(Nc1ccc(Cl)cc1C(=O)c1ccccc1)c1ccccc1NS(=O)(=O)c1ccccc1. The average molecular weight is 491 g/mol. The zero-order valence-corrected chi connectivity index (χ0v) is 19.3. The first-order valence-electron chi connectivity index (χ1n) is 10.2. The number of hydrogen-bond donors (Lipinski definition) is 2. The Morgan fingerprint density at radius 3 is 2.00 bits per heavy atom. The number of benzene rings is 4. The molecule has 1 amide bonds. The summed E-state index contributed by atoms with van der Waals surface area (Å²) in [5.41, 5.74) is 1.11. The van der Waals surface area contributed by atoms with Crippen molar-refractivity contribution in [1.29, 1.82) is 0 Å². The lowest BCUT2D eigenvalue weighted by Crippen LogP contribution is -2.19. The molecule has 170 valence electrons. The van der Waals surface area contributed by atoms with Crippen LogP contribution in [0, 0.1) is 0 Å². The van der Waals surface area contributed by atoms with Gasteiger partial charge >= 0.3 is 0 Å². The van der Waals surface area contributed by atoms with Gasteiger partial charge in [0.05, 0.1) is 21.8 Å². The fourth-order valence-electron chi connectivity index (χ4n) is 3.32. The monoisotopic (exact) mass is 490 g/mol. The smallest absolute Gasteiger partial charge is 0.261 e. The summed E-state index contributed by atoms with van der Waals surface area (Å²) in [5.74, 6) is -0.896. The molecule has 0 aliphatic heterocycles. The van der Waals surface area contributed by atoms with Crippen LogP contribution >= 0.6 is 11.6 Å². The van der Waals surface area contributed by atoms with Crippen LogP contribution in [-0.2, 0) is 10.0 Å². The van der Waals surface area contributed by atoms with Crippen molar-refractivity contribution >= 4 is 44.7 Å². The van der Waals surface area contributed by atoms with Gasteiger partial charge in [0, 0.05) is 16.1 Å². The molecule has 0 aromatic heterocycles. The van der Waals surface area contributed by atoms with E-state index in [1.807, 2.05) is 0 Å². The van der Waals surface area contributed by atoms with Gasteiger partial charge in [-0.15, -0.1) is 0 Å². The molecule has 4 aromatic rings. The molecule has 2 N–H and O–H groups in total. The third-order valence-electron chi connectivity index (χ3n) is 4.98. The summed E-state index contributed by atoms with van der Waals surface area (Å²) in [6.07, 6.45) is 0. The van der Waals surface area contributed by atoms with Crippen molar-refractivity contribution < 1.29 is 18.0 Å². The molecule has 6 nitrogen and oxygen atoms in total. The molecule has 0 heterocycles. The molecule has 0 bridgehead atoms. The van der Waals surface area contributed by atoms with Crippen LogP contribution in [0.1, 0.15) is 26.3 Å². The van der Waals surface area contributed by atoms with Gasteiger partial charge in [0.2, 0.25) is 0 Å². The predicted molar refractivity (Wildman–Crippen MR) is 133 cm³/mol. The predicted octanol–water partition coefficient (Wildman–Crippen LogP) is 5.62. The molecule has 0 aliphatic carbocycles. The number of sulfonamides is 1. The van der Waals surface area contributed by atoms with E-state index in [2.05, 4.69) is 10.0 Å². The quantitative estimate of drug-likeness (QED) is 0.329. The maximum atomic E-state index is 13.2. The molecule has 8 heteroatoms. The third-order valence-corrected chi connectivity index (χ3v) is 6.60. The minimum Gasteiger partial charge on any atom is -0.321 e. The number of carbonyl (C=O) groups is 2. The maximum Gasteiger partial charge on any atom is 0.261 e. The Balaban J connectivity index is 1.65. The van der Waals surface area contributed by atoms with Crippen LogP contribution in [0.25, 0.3) is 0 Å². The summed E-state index contributed by atoms with van der Waals surface area (Å²) in [7, 11) is -3.91. The summed E-state index contributed by atoms with van der Waals surface area (Å²) < 4.78 is 28.0. The number of ketones is 1. The topological polar surface area (TPSA) is 92.3 Å². The van der Waals surface area contributed by atoms with Crippen LogP contribution in [0.3, 0.4) is 0 Å². The fraction of sp³-hybridized carbons (Fsp3) is 0. The van der Waals surface area contributed by atoms with Gasteiger partial charge in [-0.3, -0.25) is 14.3 Å². The standard InChI is InChI=1S/C26H19ClN2O4S/c27-19-15-16-23(22(17-19)25(30)18-9-3-1-4-10-18)28-26(31)21-13-7-8-14-24(21)29-34(32,33)20-11-5-2-6-12-20/h1-17,29H,(H,28,31). The van der Waals surface area contributed by atoms with E-state index in [9.17, 15) is 18.0 Å². The van der Waals surface area contributed by atoms with Gasteiger partial charge in [-0.05, 0) is 42.5 Å². The number of nitrogens with one attached hydrogen (secondary N) is 2. The summed E-state index contributed by atoms with van der Waals surface area (Å²) >= 11 is 6.12. The Labute approximate surface area is 202 Å². The van der Waals surface area contributed by atoms with E-state index >= 15 is 0 Å². The van der Waals surface area contributed by atoms with Crippen molar-refractivity contribution in [2.75, 3.05) is 10.0 Å². The molecular formula is C26H19ClN2O4S. The molecule has 0 spiro atoms. The lowest BCUT2D eigenvalue weighted by Gasteiger charge is -2.14. The first kappa shape index (κ1) is 23.2. The number of halogens is 1. The molecule has 4 aromatic carbocycles. The lowest BCUT2D eigenvalue weighted by molar-refractivity contribution is 0.102. The van der Waals surface area contributed by atoms with E-state index < -0.39 is 15.9 Å². The number of para-hydroxylation sites is 1.